The Morgan fingerprint density at radius 3 is 2.88 bits per heavy atom. The molecular weight excluding hydrogens is 202 g/mol. The summed E-state index contributed by atoms with van der Waals surface area (Å²) in [6.07, 6.45) is 3.22. The average molecular weight is 217 g/mol. The smallest absolute Gasteiger partial charge is 0.307 e. The number of hydrogen-bond donors (Lipinski definition) is 1. The molecule has 3 heteroatoms. The third kappa shape index (κ3) is 2.08. The lowest BCUT2D eigenvalue weighted by molar-refractivity contribution is -0.136. The maximum Gasteiger partial charge on any atom is 0.307 e. The molecule has 84 valence electrons. The molecule has 0 atom stereocenters. The number of aryl methyl sites for hydroxylation is 1. The highest BCUT2D eigenvalue weighted by Gasteiger charge is 2.04. The summed E-state index contributed by atoms with van der Waals surface area (Å²) in [5.74, 6) is -0.784. The first kappa shape index (κ1) is 10.7. The highest BCUT2D eigenvalue weighted by molar-refractivity contribution is 5.82. The number of carboxylic acids is 1. The fraction of sp³-hybridized carbons (Fsp3) is 0.308. The van der Waals surface area contributed by atoms with Crippen LogP contribution in [-0.4, -0.2) is 15.6 Å². The first-order chi connectivity index (χ1) is 7.70. The van der Waals surface area contributed by atoms with E-state index in [9.17, 15) is 4.79 Å². The normalized spacial score (nSPS) is 10.8. The van der Waals surface area contributed by atoms with Crippen LogP contribution in [0, 0.1) is 0 Å². The molecule has 0 amide bonds. The van der Waals surface area contributed by atoms with Gasteiger partial charge in [-0.25, -0.2) is 0 Å². The van der Waals surface area contributed by atoms with Gasteiger partial charge in [-0.2, -0.15) is 0 Å². The number of nitrogens with zero attached hydrogens (tertiary/aromatic N) is 1. The molecule has 0 radical (unpaired) electrons. The van der Waals surface area contributed by atoms with Gasteiger partial charge >= 0.3 is 5.97 Å². The van der Waals surface area contributed by atoms with Crippen LogP contribution in [-0.2, 0) is 17.8 Å². The Bertz CT molecular complexity index is 514. The molecular formula is C13H15NO2. The summed E-state index contributed by atoms with van der Waals surface area (Å²) in [5.41, 5.74) is 1.98. The largest absolute Gasteiger partial charge is 0.481 e. The molecule has 2 rings (SSSR count). The fourth-order valence-electron chi connectivity index (χ4n) is 1.95. The van der Waals surface area contributed by atoms with Crippen LogP contribution in [0.3, 0.4) is 0 Å². The van der Waals surface area contributed by atoms with Crippen LogP contribution in [0.2, 0.25) is 0 Å². The van der Waals surface area contributed by atoms with Crippen molar-refractivity contribution in [2.24, 2.45) is 0 Å². The minimum absolute atomic E-state index is 0.0905. The summed E-state index contributed by atoms with van der Waals surface area (Å²) in [7, 11) is 0. The van der Waals surface area contributed by atoms with E-state index in [1.54, 1.807) is 0 Å². The number of hydrogen-bond acceptors (Lipinski definition) is 1. The summed E-state index contributed by atoms with van der Waals surface area (Å²) < 4.78 is 2.17. The Kier molecular flexibility index (Phi) is 2.95. The van der Waals surface area contributed by atoms with Crippen LogP contribution in [0.5, 0.6) is 0 Å². The highest BCUT2D eigenvalue weighted by Crippen LogP contribution is 2.18. The number of carbonyl (C=O) groups is 1. The zero-order valence-corrected chi connectivity index (χ0v) is 9.31. The topological polar surface area (TPSA) is 42.2 Å². The number of fused-ring (bicyclic) bond motifs is 1. The third-order valence-corrected chi connectivity index (χ3v) is 2.66. The fourth-order valence-corrected chi connectivity index (χ4v) is 1.95. The lowest BCUT2D eigenvalue weighted by atomic mass is 10.1. The molecule has 0 spiro atoms. The van der Waals surface area contributed by atoms with Crippen molar-refractivity contribution < 1.29 is 9.90 Å². The van der Waals surface area contributed by atoms with Gasteiger partial charge in [-0.05, 0) is 29.5 Å². The third-order valence-electron chi connectivity index (χ3n) is 2.66. The van der Waals surface area contributed by atoms with Crippen molar-refractivity contribution in [3.8, 4) is 0 Å². The van der Waals surface area contributed by atoms with Gasteiger partial charge in [0.25, 0.3) is 0 Å². The molecule has 1 aromatic heterocycles. The molecule has 1 N–H and O–H groups in total. The number of benzene rings is 1. The summed E-state index contributed by atoms with van der Waals surface area (Å²) in [4.78, 5) is 10.6. The van der Waals surface area contributed by atoms with E-state index >= 15 is 0 Å². The van der Waals surface area contributed by atoms with Gasteiger partial charge in [-0.1, -0.05) is 19.1 Å². The van der Waals surface area contributed by atoms with Gasteiger partial charge in [0, 0.05) is 18.3 Å². The molecule has 0 bridgehead atoms. The second-order valence-electron chi connectivity index (χ2n) is 3.97. The molecule has 0 saturated carbocycles. The van der Waals surface area contributed by atoms with Crippen molar-refractivity contribution in [2.45, 2.75) is 26.3 Å². The second kappa shape index (κ2) is 4.39. The van der Waals surface area contributed by atoms with Gasteiger partial charge in [0.15, 0.2) is 0 Å². The van der Waals surface area contributed by atoms with E-state index in [1.807, 2.05) is 18.2 Å². The molecule has 1 aromatic carbocycles. The Labute approximate surface area is 94.3 Å². The first-order valence-corrected chi connectivity index (χ1v) is 5.50. The van der Waals surface area contributed by atoms with Gasteiger partial charge < -0.3 is 9.67 Å². The summed E-state index contributed by atoms with van der Waals surface area (Å²) in [5, 5.41) is 9.92. The minimum atomic E-state index is -0.784. The van der Waals surface area contributed by atoms with E-state index in [0.29, 0.717) is 0 Å². The van der Waals surface area contributed by atoms with Gasteiger partial charge in [0.05, 0.1) is 6.42 Å². The van der Waals surface area contributed by atoms with Crippen LogP contribution in [0.4, 0.5) is 0 Å². The van der Waals surface area contributed by atoms with Crippen LogP contribution in [0.25, 0.3) is 10.9 Å². The predicted molar refractivity (Wildman–Crippen MR) is 63.6 cm³/mol. The minimum Gasteiger partial charge on any atom is -0.481 e. The Morgan fingerprint density at radius 1 is 1.38 bits per heavy atom. The zero-order chi connectivity index (χ0) is 11.5. The summed E-state index contributed by atoms with van der Waals surface area (Å²) in [6.45, 7) is 3.10. The van der Waals surface area contributed by atoms with Crippen LogP contribution in [0.15, 0.2) is 30.5 Å². The number of carboxylic acid groups (broad SMARTS) is 1. The number of rotatable bonds is 4. The lowest BCUT2D eigenvalue weighted by Crippen LogP contribution is -2.00. The number of aromatic nitrogens is 1. The van der Waals surface area contributed by atoms with Crippen LogP contribution >= 0.6 is 0 Å². The first-order valence-electron chi connectivity index (χ1n) is 5.50. The van der Waals surface area contributed by atoms with E-state index in [4.69, 9.17) is 5.11 Å². The maximum atomic E-state index is 10.6. The van der Waals surface area contributed by atoms with E-state index in [1.165, 1.54) is 5.39 Å². The van der Waals surface area contributed by atoms with E-state index < -0.39 is 5.97 Å². The molecule has 0 aliphatic carbocycles. The van der Waals surface area contributed by atoms with Crippen molar-refractivity contribution in [3.63, 3.8) is 0 Å². The highest BCUT2D eigenvalue weighted by atomic mass is 16.4. The SMILES string of the molecule is CCCn1ccc2ccc(CC(=O)O)cc21. The summed E-state index contributed by atoms with van der Waals surface area (Å²) in [6, 6.07) is 7.90. The van der Waals surface area contributed by atoms with Crippen molar-refractivity contribution in [2.75, 3.05) is 0 Å². The Morgan fingerprint density at radius 2 is 2.19 bits per heavy atom. The molecule has 0 fully saturated rings. The molecule has 0 unspecified atom stereocenters. The molecule has 0 saturated heterocycles. The monoisotopic (exact) mass is 217 g/mol. The van der Waals surface area contributed by atoms with E-state index in [2.05, 4.69) is 23.8 Å². The van der Waals surface area contributed by atoms with Crippen molar-refractivity contribution in [1.82, 2.24) is 4.57 Å². The van der Waals surface area contributed by atoms with E-state index in [0.717, 1.165) is 24.0 Å². The van der Waals surface area contributed by atoms with Gasteiger partial charge in [-0.15, -0.1) is 0 Å². The Balaban J connectivity index is 2.41. The molecule has 3 nitrogen and oxygen atoms in total. The molecule has 0 aliphatic heterocycles. The maximum absolute atomic E-state index is 10.6. The van der Waals surface area contributed by atoms with Crippen LogP contribution in [0.1, 0.15) is 18.9 Å². The van der Waals surface area contributed by atoms with Crippen molar-refractivity contribution in [3.05, 3.63) is 36.0 Å². The van der Waals surface area contributed by atoms with Crippen molar-refractivity contribution in [1.29, 1.82) is 0 Å². The zero-order valence-electron chi connectivity index (χ0n) is 9.31. The predicted octanol–water partition coefficient (Wildman–Crippen LogP) is 2.68. The van der Waals surface area contributed by atoms with Gasteiger partial charge in [0.1, 0.15) is 0 Å². The standard InChI is InChI=1S/C13H15NO2/c1-2-6-14-7-5-11-4-3-10(8-12(11)14)9-13(15)16/h3-5,7-8H,2,6,9H2,1H3,(H,15,16). The second-order valence-corrected chi connectivity index (χ2v) is 3.97. The quantitative estimate of drug-likeness (QED) is 0.855. The van der Waals surface area contributed by atoms with E-state index in [-0.39, 0.29) is 6.42 Å². The molecule has 0 aliphatic rings. The number of aliphatic carboxylic acids is 1. The average Bonchev–Trinajstić information content (AvgIpc) is 2.61. The van der Waals surface area contributed by atoms with Gasteiger partial charge in [-0.3, -0.25) is 4.79 Å². The molecule has 2 aromatic rings. The lowest BCUT2D eigenvalue weighted by Gasteiger charge is -2.04. The van der Waals surface area contributed by atoms with Gasteiger partial charge in [0.2, 0.25) is 0 Å². The summed E-state index contributed by atoms with van der Waals surface area (Å²) >= 11 is 0. The van der Waals surface area contributed by atoms with Crippen molar-refractivity contribution >= 4 is 16.9 Å². The molecule has 16 heavy (non-hydrogen) atoms. The van der Waals surface area contributed by atoms with Crippen LogP contribution < -0.4 is 0 Å². The molecule has 1 heterocycles. The Hall–Kier alpha value is -1.77.